The molecule has 1 atom stereocenters. The van der Waals surface area contributed by atoms with E-state index in [2.05, 4.69) is 0 Å². The van der Waals surface area contributed by atoms with Gasteiger partial charge in [0, 0.05) is 9.58 Å². The fourth-order valence-electron chi connectivity index (χ4n) is 3.60. The first-order chi connectivity index (χ1) is 15.0. The molecule has 0 saturated heterocycles. The standard InChI is InChI=1S/C22H22ClF4O3PS/c1-4-29-31(28,30-5-2)18(21-13(3)16-8-6-7-9-19(16)32-21)11-14-10-15(22(25,26)27)12-17(23)20(14)24/h6-10,12,18H,4-5,11H2,1-3H3. The Morgan fingerprint density at radius 1 is 1.12 bits per heavy atom. The minimum absolute atomic E-state index is 0.0591. The second-order valence-electron chi connectivity index (χ2n) is 7.11. The van der Waals surface area contributed by atoms with Crippen LogP contribution in [0.4, 0.5) is 17.6 Å². The van der Waals surface area contributed by atoms with Gasteiger partial charge in [-0.3, -0.25) is 4.57 Å². The Hall–Kier alpha value is -1.44. The summed E-state index contributed by atoms with van der Waals surface area (Å²) in [5.74, 6) is -0.983. The van der Waals surface area contributed by atoms with Gasteiger partial charge < -0.3 is 9.05 Å². The molecule has 32 heavy (non-hydrogen) atoms. The van der Waals surface area contributed by atoms with Crippen molar-refractivity contribution in [3.8, 4) is 0 Å². The Balaban J connectivity index is 2.21. The van der Waals surface area contributed by atoms with E-state index in [1.807, 2.05) is 31.2 Å². The number of halogens is 5. The lowest BCUT2D eigenvalue weighted by Gasteiger charge is -2.27. The molecular weight excluding hydrogens is 487 g/mol. The van der Waals surface area contributed by atoms with Crippen molar-refractivity contribution in [2.75, 3.05) is 13.2 Å². The van der Waals surface area contributed by atoms with Crippen LogP contribution in [-0.2, 0) is 26.2 Å². The molecule has 0 radical (unpaired) electrons. The molecule has 1 aromatic heterocycles. The maximum atomic E-state index is 14.8. The average molecular weight is 509 g/mol. The van der Waals surface area contributed by atoms with Gasteiger partial charge in [0.2, 0.25) is 0 Å². The van der Waals surface area contributed by atoms with E-state index >= 15 is 0 Å². The largest absolute Gasteiger partial charge is 0.416 e. The van der Waals surface area contributed by atoms with Crippen LogP contribution in [0.5, 0.6) is 0 Å². The fraction of sp³-hybridized carbons (Fsp3) is 0.364. The van der Waals surface area contributed by atoms with Crippen LogP contribution in [0.3, 0.4) is 0 Å². The summed E-state index contributed by atoms with van der Waals surface area (Å²) in [7, 11) is -3.87. The second kappa shape index (κ2) is 9.82. The molecule has 3 aromatic rings. The van der Waals surface area contributed by atoms with Crippen LogP contribution in [0, 0.1) is 12.7 Å². The Morgan fingerprint density at radius 2 is 1.75 bits per heavy atom. The van der Waals surface area contributed by atoms with Gasteiger partial charge in [-0.05, 0) is 61.9 Å². The van der Waals surface area contributed by atoms with Gasteiger partial charge in [-0.25, -0.2) is 4.39 Å². The highest BCUT2D eigenvalue weighted by Gasteiger charge is 2.41. The predicted octanol–water partition coefficient (Wildman–Crippen LogP) is 8.57. The van der Waals surface area contributed by atoms with Crippen molar-refractivity contribution in [3.63, 3.8) is 0 Å². The third kappa shape index (κ3) is 5.05. The van der Waals surface area contributed by atoms with Crippen molar-refractivity contribution in [2.24, 2.45) is 0 Å². The summed E-state index contributed by atoms with van der Waals surface area (Å²) in [4.78, 5) is 0.615. The topological polar surface area (TPSA) is 35.5 Å². The zero-order chi connectivity index (χ0) is 23.7. The van der Waals surface area contributed by atoms with Gasteiger partial charge in [-0.2, -0.15) is 13.2 Å². The third-order valence-corrected chi connectivity index (χ3v) is 9.30. The highest BCUT2D eigenvalue weighted by Crippen LogP contribution is 2.64. The van der Waals surface area contributed by atoms with Crippen molar-refractivity contribution in [1.29, 1.82) is 0 Å². The molecule has 10 heteroatoms. The van der Waals surface area contributed by atoms with Crippen molar-refractivity contribution in [1.82, 2.24) is 0 Å². The van der Waals surface area contributed by atoms with Crippen LogP contribution in [0.15, 0.2) is 36.4 Å². The summed E-state index contributed by atoms with van der Waals surface area (Å²) >= 11 is 7.12. The van der Waals surface area contributed by atoms with E-state index < -0.39 is 35.8 Å². The lowest BCUT2D eigenvalue weighted by molar-refractivity contribution is -0.137. The molecule has 1 unspecified atom stereocenters. The van der Waals surface area contributed by atoms with Crippen LogP contribution < -0.4 is 0 Å². The number of rotatable bonds is 8. The van der Waals surface area contributed by atoms with Crippen molar-refractivity contribution >= 4 is 40.6 Å². The summed E-state index contributed by atoms with van der Waals surface area (Å²) < 4.78 is 80.6. The molecule has 0 saturated carbocycles. The Kier molecular flexibility index (Phi) is 7.73. The molecule has 2 aromatic carbocycles. The van der Waals surface area contributed by atoms with Crippen LogP contribution >= 0.6 is 30.5 Å². The number of aryl methyl sites for hydroxylation is 1. The maximum Gasteiger partial charge on any atom is 0.416 e. The van der Waals surface area contributed by atoms with E-state index in [1.165, 1.54) is 11.3 Å². The molecule has 0 N–H and O–H groups in total. The number of hydrogen-bond acceptors (Lipinski definition) is 4. The van der Waals surface area contributed by atoms with E-state index in [9.17, 15) is 22.1 Å². The number of hydrogen-bond donors (Lipinski definition) is 0. The molecule has 0 aliphatic carbocycles. The summed E-state index contributed by atoms with van der Waals surface area (Å²) in [6.07, 6.45) is -5.04. The van der Waals surface area contributed by atoms with Gasteiger partial charge in [-0.1, -0.05) is 29.8 Å². The zero-order valence-corrected chi connectivity index (χ0v) is 20.1. The van der Waals surface area contributed by atoms with Gasteiger partial charge in [0.05, 0.1) is 23.8 Å². The Labute approximate surface area is 192 Å². The monoisotopic (exact) mass is 508 g/mol. The molecule has 3 nitrogen and oxygen atoms in total. The van der Waals surface area contributed by atoms with Crippen LogP contribution in [-0.4, -0.2) is 13.2 Å². The minimum Gasteiger partial charge on any atom is -0.308 e. The van der Waals surface area contributed by atoms with Crippen molar-refractivity contribution in [3.05, 3.63) is 68.8 Å². The smallest absolute Gasteiger partial charge is 0.308 e. The first-order valence-corrected chi connectivity index (χ1v) is 12.7. The predicted molar refractivity (Wildman–Crippen MR) is 120 cm³/mol. The lowest BCUT2D eigenvalue weighted by Crippen LogP contribution is -2.12. The maximum absolute atomic E-state index is 14.8. The number of benzene rings is 2. The molecule has 0 aliphatic heterocycles. The first kappa shape index (κ1) is 25.2. The van der Waals surface area contributed by atoms with Crippen LogP contribution in [0.1, 0.15) is 41.1 Å². The Bertz CT molecular complexity index is 1150. The fourth-order valence-corrected chi connectivity index (χ4v) is 7.64. The molecule has 1 heterocycles. The molecule has 0 spiro atoms. The van der Waals surface area contributed by atoms with E-state index in [4.69, 9.17) is 20.6 Å². The summed E-state index contributed by atoms with van der Waals surface area (Å²) in [5, 5.41) is 0.267. The van der Waals surface area contributed by atoms with E-state index in [-0.39, 0.29) is 25.2 Å². The van der Waals surface area contributed by atoms with E-state index in [0.29, 0.717) is 17.0 Å². The molecule has 0 aliphatic rings. The molecule has 0 amide bonds. The van der Waals surface area contributed by atoms with Crippen molar-refractivity contribution < 1.29 is 31.2 Å². The van der Waals surface area contributed by atoms with Gasteiger partial charge in [0.1, 0.15) is 11.5 Å². The second-order valence-corrected chi connectivity index (χ2v) is 10.8. The van der Waals surface area contributed by atoms with Gasteiger partial charge >= 0.3 is 13.8 Å². The Morgan fingerprint density at radius 3 is 2.31 bits per heavy atom. The molecule has 0 fully saturated rings. The average Bonchev–Trinajstić information content (AvgIpc) is 3.05. The van der Waals surface area contributed by atoms with Gasteiger partial charge in [0.15, 0.2) is 0 Å². The van der Waals surface area contributed by atoms with Gasteiger partial charge in [0.25, 0.3) is 0 Å². The normalized spacial score (nSPS) is 13.6. The van der Waals surface area contributed by atoms with Crippen LogP contribution in [0.2, 0.25) is 5.02 Å². The highest BCUT2D eigenvalue weighted by atomic mass is 35.5. The summed E-state index contributed by atoms with van der Waals surface area (Å²) in [6.45, 7) is 5.23. The highest BCUT2D eigenvalue weighted by molar-refractivity contribution is 7.54. The van der Waals surface area contributed by atoms with Crippen molar-refractivity contribution in [2.45, 2.75) is 39.0 Å². The molecule has 0 bridgehead atoms. The minimum atomic E-state index is -4.71. The lowest BCUT2D eigenvalue weighted by atomic mass is 10.0. The number of fused-ring (bicyclic) bond motifs is 1. The summed E-state index contributed by atoms with van der Waals surface area (Å²) in [6, 6.07) is 8.76. The SMILES string of the molecule is CCOP(=O)(OCC)C(Cc1cc(C(F)(F)F)cc(Cl)c1F)c1sc2ccccc2c1C. The summed E-state index contributed by atoms with van der Waals surface area (Å²) in [5.41, 5.74) is -1.58. The van der Waals surface area contributed by atoms with Gasteiger partial charge in [-0.15, -0.1) is 11.3 Å². The third-order valence-electron chi connectivity index (χ3n) is 5.03. The molecular formula is C22H22ClF4O3PS. The first-order valence-electron chi connectivity index (χ1n) is 9.93. The van der Waals surface area contributed by atoms with E-state index in [1.54, 1.807) is 13.8 Å². The quantitative estimate of drug-likeness (QED) is 0.226. The number of alkyl halides is 3. The molecule has 3 rings (SSSR count). The van der Waals surface area contributed by atoms with E-state index in [0.717, 1.165) is 15.6 Å². The molecule has 174 valence electrons. The van der Waals surface area contributed by atoms with Crippen LogP contribution in [0.25, 0.3) is 10.1 Å². The number of thiophene rings is 1. The zero-order valence-electron chi connectivity index (χ0n) is 17.6.